The molecule has 0 unspecified atom stereocenters. The van der Waals surface area contributed by atoms with Crippen molar-refractivity contribution in [2.45, 2.75) is 0 Å². The van der Waals surface area contributed by atoms with Gasteiger partial charge in [0.25, 0.3) is 5.91 Å². The predicted octanol–water partition coefficient (Wildman–Crippen LogP) is 1.74. The maximum atomic E-state index is 11.7. The van der Waals surface area contributed by atoms with Crippen LogP contribution in [0.5, 0.6) is 0 Å². The lowest BCUT2D eigenvalue weighted by Gasteiger charge is -2.00. The van der Waals surface area contributed by atoms with Crippen LogP contribution in [0.25, 0.3) is 0 Å². The minimum absolute atomic E-state index is 0.230. The molecule has 96 valence electrons. The molecule has 0 aliphatic rings. The highest BCUT2D eigenvalue weighted by atomic mass is 35.5. The van der Waals surface area contributed by atoms with Gasteiger partial charge in [0.05, 0.1) is 6.21 Å². The molecule has 2 rings (SSSR count). The topological polar surface area (TPSA) is 68.4 Å². The van der Waals surface area contributed by atoms with Crippen LogP contribution in [-0.2, 0) is 0 Å². The summed E-state index contributed by atoms with van der Waals surface area (Å²) in [6.07, 6.45) is 3.90. The van der Waals surface area contributed by atoms with Crippen LogP contribution in [-0.4, -0.2) is 12.1 Å². The molecule has 19 heavy (non-hydrogen) atoms. The second-order valence-electron chi connectivity index (χ2n) is 3.67. The number of rotatable bonds is 3. The van der Waals surface area contributed by atoms with Gasteiger partial charge in [0, 0.05) is 16.7 Å². The van der Waals surface area contributed by atoms with Gasteiger partial charge in [-0.2, -0.15) is 9.83 Å². The summed E-state index contributed by atoms with van der Waals surface area (Å²) in [6.45, 7) is 0. The van der Waals surface area contributed by atoms with Gasteiger partial charge in [0.15, 0.2) is 12.4 Å². The minimum atomic E-state index is -0.464. The van der Waals surface area contributed by atoms with Gasteiger partial charge >= 0.3 is 0 Å². The van der Waals surface area contributed by atoms with Crippen LogP contribution in [0.1, 0.15) is 15.9 Å². The van der Waals surface area contributed by atoms with Crippen LogP contribution in [0.2, 0.25) is 5.02 Å². The Bertz CT molecular complexity index is 629. The Labute approximate surface area is 114 Å². The Morgan fingerprint density at radius 2 is 2.11 bits per heavy atom. The molecule has 0 atom stereocenters. The van der Waals surface area contributed by atoms with E-state index >= 15 is 0 Å². The Hall–Kier alpha value is -2.40. The highest BCUT2D eigenvalue weighted by Crippen LogP contribution is 2.11. The summed E-state index contributed by atoms with van der Waals surface area (Å²) in [5.74, 6) is -0.464. The normalized spacial score (nSPS) is 10.6. The molecular weight excluding hydrogens is 266 g/mol. The second-order valence-corrected chi connectivity index (χ2v) is 4.08. The van der Waals surface area contributed by atoms with Crippen LogP contribution in [0.15, 0.2) is 53.9 Å². The van der Waals surface area contributed by atoms with E-state index in [0.717, 1.165) is 0 Å². The number of amides is 1. The van der Waals surface area contributed by atoms with Gasteiger partial charge in [-0.05, 0) is 12.1 Å². The zero-order valence-electron chi connectivity index (χ0n) is 9.79. The predicted molar refractivity (Wildman–Crippen MR) is 71.9 cm³/mol. The Morgan fingerprint density at radius 3 is 2.84 bits per heavy atom. The van der Waals surface area contributed by atoms with E-state index in [0.29, 0.717) is 15.3 Å². The first-order chi connectivity index (χ1) is 9.16. The third-order valence-corrected chi connectivity index (χ3v) is 2.66. The average molecular weight is 276 g/mol. The first-order valence-electron chi connectivity index (χ1n) is 5.43. The number of benzene rings is 1. The first-order valence-corrected chi connectivity index (χ1v) is 5.81. The minimum Gasteiger partial charge on any atom is -0.619 e. The van der Waals surface area contributed by atoms with E-state index in [9.17, 15) is 10.0 Å². The molecule has 1 N–H and O–H groups in total. The van der Waals surface area contributed by atoms with E-state index in [1.807, 2.05) is 6.07 Å². The molecule has 0 aliphatic heterocycles. The Morgan fingerprint density at radius 1 is 1.32 bits per heavy atom. The van der Waals surface area contributed by atoms with E-state index in [1.54, 1.807) is 18.2 Å². The fraction of sp³-hybridized carbons (Fsp3) is 0. The molecule has 5 nitrogen and oxygen atoms in total. The van der Waals surface area contributed by atoms with E-state index in [-0.39, 0.29) is 5.56 Å². The van der Waals surface area contributed by atoms with Crippen LogP contribution in [0.3, 0.4) is 0 Å². The van der Waals surface area contributed by atoms with Crippen molar-refractivity contribution >= 4 is 23.7 Å². The van der Waals surface area contributed by atoms with Crippen LogP contribution >= 0.6 is 11.6 Å². The molecule has 1 aromatic carbocycles. The van der Waals surface area contributed by atoms with Crippen molar-refractivity contribution in [2.75, 3.05) is 0 Å². The number of pyridine rings is 1. The summed E-state index contributed by atoms with van der Waals surface area (Å²) in [7, 11) is 0. The molecule has 0 aliphatic carbocycles. The fourth-order valence-electron chi connectivity index (χ4n) is 1.39. The van der Waals surface area contributed by atoms with Crippen molar-refractivity contribution in [3.63, 3.8) is 0 Å². The number of carbonyl (C=O) groups excluding carboxylic acids is 1. The second kappa shape index (κ2) is 5.97. The van der Waals surface area contributed by atoms with Gasteiger partial charge in [0.1, 0.15) is 5.56 Å². The van der Waals surface area contributed by atoms with Gasteiger partial charge < -0.3 is 5.21 Å². The van der Waals surface area contributed by atoms with Crippen LogP contribution in [0.4, 0.5) is 0 Å². The number of hydrogen-bond donors (Lipinski definition) is 1. The number of aromatic nitrogens is 1. The monoisotopic (exact) mass is 275 g/mol. The third kappa shape index (κ3) is 3.53. The molecule has 0 spiro atoms. The molecule has 1 heterocycles. The lowest BCUT2D eigenvalue weighted by molar-refractivity contribution is -0.605. The Kier molecular flexibility index (Phi) is 4.10. The zero-order valence-corrected chi connectivity index (χ0v) is 10.5. The summed E-state index contributed by atoms with van der Waals surface area (Å²) in [5.41, 5.74) is 3.24. The van der Waals surface area contributed by atoms with Crippen molar-refractivity contribution in [1.82, 2.24) is 5.43 Å². The fourth-order valence-corrected chi connectivity index (χ4v) is 1.58. The standard InChI is InChI=1S/C13H10ClN3O2/c14-12-6-2-1-4-10(12)8-15-16-13(18)11-5-3-7-17(19)9-11/h1-9H,(H,16,18). The Balaban J connectivity index is 2.03. The molecule has 2 aromatic rings. The molecule has 0 bridgehead atoms. The van der Waals surface area contributed by atoms with Crippen LogP contribution < -0.4 is 10.2 Å². The maximum Gasteiger partial charge on any atom is 0.277 e. The summed E-state index contributed by atoms with van der Waals surface area (Å²) >= 11 is 5.93. The molecule has 6 heteroatoms. The molecule has 1 aromatic heterocycles. The van der Waals surface area contributed by atoms with Crippen molar-refractivity contribution in [3.05, 3.63) is 70.1 Å². The van der Waals surface area contributed by atoms with E-state index < -0.39 is 5.91 Å². The highest BCUT2D eigenvalue weighted by molar-refractivity contribution is 6.33. The van der Waals surface area contributed by atoms with Crippen molar-refractivity contribution in [1.29, 1.82) is 0 Å². The maximum absolute atomic E-state index is 11.7. The van der Waals surface area contributed by atoms with Gasteiger partial charge in [0.2, 0.25) is 0 Å². The zero-order chi connectivity index (χ0) is 13.7. The van der Waals surface area contributed by atoms with E-state index in [1.165, 1.54) is 30.7 Å². The SMILES string of the molecule is O=C(NN=Cc1ccccc1Cl)c1ccc[n+]([O-])c1. The average Bonchev–Trinajstić information content (AvgIpc) is 2.41. The van der Waals surface area contributed by atoms with E-state index in [2.05, 4.69) is 10.5 Å². The summed E-state index contributed by atoms with van der Waals surface area (Å²) in [4.78, 5) is 11.7. The molecule has 1 amide bonds. The molecule has 0 fully saturated rings. The summed E-state index contributed by atoms with van der Waals surface area (Å²) in [5, 5.41) is 15.3. The largest absolute Gasteiger partial charge is 0.619 e. The van der Waals surface area contributed by atoms with Gasteiger partial charge in [-0.1, -0.05) is 29.8 Å². The number of nitrogens with zero attached hydrogens (tertiary/aromatic N) is 2. The third-order valence-electron chi connectivity index (χ3n) is 2.31. The smallest absolute Gasteiger partial charge is 0.277 e. The quantitative estimate of drug-likeness (QED) is 0.401. The number of halogens is 1. The molecule has 0 saturated carbocycles. The van der Waals surface area contributed by atoms with Gasteiger partial charge in [-0.15, -0.1) is 0 Å². The highest BCUT2D eigenvalue weighted by Gasteiger charge is 2.06. The number of hydrogen-bond acceptors (Lipinski definition) is 3. The van der Waals surface area contributed by atoms with Gasteiger partial charge in [-0.25, -0.2) is 5.43 Å². The lowest BCUT2D eigenvalue weighted by atomic mass is 10.2. The van der Waals surface area contributed by atoms with Crippen molar-refractivity contribution in [2.24, 2.45) is 5.10 Å². The van der Waals surface area contributed by atoms with Crippen LogP contribution in [0, 0.1) is 5.21 Å². The van der Waals surface area contributed by atoms with Crippen molar-refractivity contribution < 1.29 is 9.52 Å². The van der Waals surface area contributed by atoms with Crippen molar-refractivity contribution in [3.8, 4) is 0 Å². The number of hydrazone groups is 1. The summed E-state index contributed by atoms with van der Waals surface area (Å²) in [6, 6.07) is 10.1. The van der Waals surface area contributed by atoms with E-state index in [4.69, 9.17) is 11.6 Å². The first kappa shape index (κ1) is 13.0. The van der Waals surface area contributed by atoms with Gasteiger partial charge in [-0.3, -0.25) is 4.79 Å². The molecule has 0 radical (unpaired) electrons. The molecular formula is C13H10ClN3O2. The lowest BCUT2D eigenvalue weighted by Crippen LogP contribution is -2.28. The summed E-state index contributed by atoms with van der Waals surface area (Å²) < 4.78 is 0.548. The molecule has 0 saturated heterocycles. The number of carbonyl (C=O) groups is 1. The number of nitrogens with one attached hydrogen (secondary N) is 1.